The minimum atomic E-state index is -0.305. The quantitative estimate of drug-likeness (QED) is 0.796. The second kappa shape index (κ2) is 5.38. The monoisotopic (exact) mass is 287 g/mol. The normalized spacial score (nSPS) is 18.7. The Hall–Kier alpha value is -2.06. The van der Waals surface area contributed by atoms with E-state index in [1.807, 2.05) is 0 Å². The summed E-state index contributed by atoms with van der Waals surface area (Å²) in [5, 5.41) is 4.99. The highest BCUT2D eigenvalue weighted by Gasteiger charge is 2.23. The molecule has 5 heteroatoms. The molecule has 0 spiro atoms. The van der Waals surface area contributed by atoms with Gasteiger partial charge in [-0.3, -0.25) is 0 Å². The van der Waals surface area contributed by atoms with Crippen molar-refractivity contribution in [1.82, 2.24) is 9.78 Å². The van der Waals surface area contributed by atoms with Crippen LogP contribution in [0.5, 0.6) is 0 Å². The van der Waals surface area contributed by atoms with Crippen LogP contribution in [0.2, 0.25) is 0 Å². The van der Waals surface area contributed by atoms with E-state index in [1.54, 1.807) is 35.9 Å². The molecule has 1 saturated heterocycles. The van der Waals surface area contributed by atoms with Gasteiger partial charge in [-0.2, -0.15) is 5.10 Å². The summed E-state index contributed by atoms with van der Waals surface area (Å²) in [7, 11) is 3.59. The standard InChI is InChI=1S/C16H18FN3O/c1-4-11-9-13(19(2)3)15(17)16-12(11)10-18-20(16)14-7-5-6-8-21-14/h1,9-10,14H,5-8H2,2-3H3. The number of rotatable bonds is 2. The second-order valence-corrected chi connectivity index (χ2v) is 5.47. The third kappa shape index (κ3) is 2.26. The first kappa shape index (κ1) is 13.9. The molecule has 1 fully saturated rings. The molecule has 1 unspecified atom stereocenters. The second-order valence-electron chi connectivity index (χ2n) is 5.47. The van der Waals surface area contributed by atoms with Gasteiger partial charge in [0.05, 0.1) is 11.9 Å². The van der Waals surface area contributed by atoms with Gasteiger partial charge in [0, 0.05) is 31.7 Å². The number of terminal acetylenes is 1. The van der Waals surface area contributed by atoms with Crippen molar-refractivity contribution < 1.29 is 9.13 Å². The summed E-state index contributed by atoms with van der Waals surface area (Å²) in [4.78, 5) is 1.72. The van der Waals surface area contributed by atoms with E-state index in [0.717, 1.165) is 19.3 Å². The summed E-state index contributed by atoms with van der Waals surface area (Å²) in [5.74, 6) is 2.32. The molecule has 0 N–H and O–H groups in total. The lowest BCUT2D eigenvalue weighted by molar-refractivity contribution is -0.0369. The molecule has 1 aromatic carbocycles. The molecular formula is C16H18FN3O. The van der Waals surface area contributed by atoms with Gasteiger partial charge in [0.2, 0.25) is 0 Å². The minimum Gasteiger partial charge on any atom is -0.375 e. The summed E-state index contributed by atoms with van der Waals surface area (Å²) in [6.07, 6.45) is 9.92. The minimum absolute atomic E-state index is 0.214. The van der Waals surface area contributed by atoms with E-state index in [2.05, 4.69) is 11.0 Å². The van der Waals surface area contributed by atoms with Crippen LogP contribution in [0.1, 0.15) is 31.1 Å². The zero-order valence-corrected chi connectivity index (χ0v) is 12.3. The fraction of sp³-hybridized carbons (Fsp3) is 0.438. The number of nitrogens with zero attached hydrogens (tertiary/aromatic N) is 3. The van der Waals surface area contributed by atoms with Crippen LogP contribution >= 0.6 is 0 Å². The fourth-order valence-corrected chi connectivity index (χ4v) is 2.76. The molecule has 3 rings (SSSR count). The molecule has 1 atom stereocenters. The van der Waals surface area contributed by atoms with Gasteiger partial charge in [-0.1, -0.05) is 5.92 Å². The molecule has 110 valence electrons. The van der Waals surface area contributed by atoms with Gasteiger partial charge in [0.1, 0.15) is 5.52 Å². The highest BCUT2D eigenvalue weighted by molar-refractivity contribution is 5.89. The maximum absolute atomic E-state index is 14.9. The van der Waals surface area contributed by atoms with Gasteiger partial charge in [-0.05, 0) is 25.3 Å². The number of anilines is 1. The van der Waals surface area contributed by atoms with Crippen molar-refractivity contribution in [2.24, 2.45) is 0 Å². The van der Waals surface area contributed by atoms with Crippen LogP contribution in [0, 0.1) is 18.2 Å². The Morgan fingerprint density at radius 2 is 2.29 bits per heavy atom. The first-order valence-electron chi connectivity index (χ1n) is 7.08. The van der Waals surface area contributed by atoms with E-state index in [0.29, 0.717) is 28.8 Å². The molecule has 2 aromatic rings. The molecule has 21 heavy (non-hydrogen) atoms. The Kier molecular flexibility index (Phi) is 3.56. The summed E-state index contributed by atoms with van der Waals surface area (Å²) in [6.45, 7) is 0.684. The highest BCUT2D eigenvalue weighted by atomic mass is 19.1. The first-order chi connectivity index (χ1) is 10.1. The van der Waals surface area contributed by atoms with Crippen LogP contribution < -0.4 is 4.90 Å². The molecular weight excluding hydrogens is 269 g/mol. The van der Waals surface area contributed by atoms with E-state index in [4.69, 9.17) is 11.2 Å². The summed E-state index contributed by atoms with van der Waals surface area (Å²) < 4.78 is 22.2. The predicted molar refractivity (Wildman–Crippen MR) is 80.8 cm³/mol. The number of fused-ring (bicyclic) bond motifs is 1. The Morgan fingerprint density at radius 3 is 2.90 bits per heavy atom. The number of hydrogen-bond donors (Lipinski definition) is 0. The third-order valence-corrected chi connectivity index (χ3v) is 3.87. The average Bonchev–Trinajstić information content (AvgIpc) is 2.94. The largest absolute Gasteiger partial charge is 0.375 e. The number of aromatic nitrogens is 2. The van der Waals surface area contributed by atoms with Crippen molar-refractivity contribution in [2.45, 2.75) is 25.5 Å². The lowest BCUT2D eigenvalue weighted by atomic mass is 10.1. The lowest BCUT2D eigenvalue weighted by Crippen LogP contribution is -2.20. The molecule has 1 aliphatic heterocycles. The van der Waals surface area contributed by atoms with Crippen LogP contribution in [-0.4, -0.2) is 30.5 Å². The van der Waals surface area contributed by atoms with Crippen LogP contribution in [-0.2, 0) is 4.74 Å². The van der Waals surface area contributed by atoms with Crippen molar-refractivity contribution >= 4 is 16.6 Å². The van der Waals surface area contributed by atoms with Gasteiger partial charge in [0.15, 0.2) is 12.0 Å². The number of halogens is 1. The van der Waals surface area contributed by atoms with Crippen molar-refractivity contribution in [3.8, 4) is 12.3 Å². The predicted octanol–water partition coefficient (Wildman–Crippen LogP) is 2.92. The van der Waals surface area contributed by atoms with E-state index in [1.165, 1.54) is 0 Å². The van der Waals surface area contributed by atoms with E-state index in [-0.39, 0.29) is 12.0 Å². The molecule has 0 saturated carbocycles. The number of hydrogen-bond acceptors (Lipinski definition) is 3. The van der Waals surface area contributed by atoms with Crippen molar-refractivity contribution in [1.29, 1.82) is 0 Å². The lowest BCUT2D eigenvalue weighted by Gasteiger charge is -2.24. The topological polar surface area (TPSA) is 30.3 Å². The smallest absolute Gasteiger partial charge is 0.172 e. The van der Waals surface area contributed by atoms with E-state index in [9.17, 15) is 4.39 Å². The Morgan fingerprint density at radius 1 is 1.48 bits per heavy atom. The molecule has 4 nitrogen and oxygen atoms in total. The maximum atomic E-state index is 14.9. The van der Waals surface area contributed by atoms with E-state index >= 15 is 0 Å². The third-order valence-electron chi connectivity index (χ3n) is 3.87. The molecule has 0 amide bonds. The summed E-state index contributed by atoms with van der Waals surface area (Å²) in [6, 6.07) is 1.69. The van der Waals surface area contributed by atoms with Crippen LogP contribution in [0.3, 0.4) is 0 Å². The molecule has 0 radical (unpaired) electrons. The molecule has 1 aromatic heterocycles. The average molecular weight is 287 g/mol. The van der Waals surface area contributed by atoms with Crippen LogP contribution in [0.25, 0.3) is 10.9 Å². The van der Waals surface area contributed by atoms with Gasteiger partial charge in [-0.15, -0.1) is 6.42 Å². The Balaban J connectivity index is 2.23. The van der Waals surface area contributed by atoms with Gasteiger partial charge in [-0.25, -0.2) is 9.07 Å². The first-order valence-corrected chi connectivity index (χ1v) is 7.08. The van der Waals surface area contributed by atoms with Gasteiger partial charge in [0.25, 0.3) is 0 Å². The molecule has 1 aliphatic rings. The van der Waals surface area contributed by atoms with Crippen LogP contribution in [0.15, 0.2) is 12.3 Å². The molecule has 2 heterocycles. The molecule has 0 bridgehead atoms. The Labute approximate surface area is 123 Å². The van der Waals surface area contributed by atoms with Crippen molar-refractivity contribution in [2.75, 3.05) is 25.6 Å². The zero-order chi connectivity index (χ0) is 15.0. The maximum Gasteiger partial charge on any atom is 0.172 e. The summed E-state index contributed by atoms with van der Waals surface area (Å²) in [5.41, 5.74) is 1.55. The van der Waals surface area contributed by atoms with Gasteiger partial charge < -0.3 is 9.64 Å². The number of benzene rings is 1. The summed E-state index contributed by atoms with van der Waals surface area (Å²) >= 11 is 0. The highest BCUT2D eigenvalue weighted by Crippen LogP contribution is 2.33. The van der Waals surface area contributed by atoms with Gasteiger partial charge >= 0.3 is 0 Å². The fourth-order valence-electron chi connectivity index (χ4n) is 2.76. The van der Waals surface area contributed by atoms with Crippen molar-refractivity contribution in [3.05, 3.63) is 23.6 Å². The van der Waals surface area contributed by atoms with E-state index < -0.39 is 0 Å². The van der Waals surface area contributed by atoms with Crippen LogP contribution in [0.4, 0.5) is 10.1 Å². The zero-order valence-electron chi connectivity index (χ0n) is 12.3. The Bertz CT molecular complexity index is 708. The SMILES string of the molecule is C#Cc1cc(N(C)C)c(F)c2c1cnn2C1CCCCO1. The molecule has 0 aliphatic carbocycles. The van der Waals surface area contributed by atoms with Crippen molar-refractivity contribution in [3.63, 3.8) is 0 Å². The number of ether oxygens (including phenoxy) is 1.